The van der Waals surface area contributed by atoms with Crippen molar-refractivity contribution >= 4 is 29.1 Å². The number of ether oxygens (including phenoxy) is 1. The highest BCUT2D eigenvalue weighted by molar-refractivity contribution is 5.99. The number of aromatic nitrogens is 1. The Kier molecular flexibility index (Phi) is 4.78. The van der Waals surface area contributed by atoms with Crippen molar-refractivity contribution in [1.82, 2.24) is 5.16 Å². The molecule has 0 bridgehead atoms. The summed E-state index contributed by atoms with van der Waals surface area (Å²) in [6.07, 6.45) is -1.17. The van der Waals surface area contributed by atoms with Crippen molar-refractivity contribution in [3.63, 3.8) is 0 Å². The third-order valence-electron chi connectivity index (χ3n) is 3.00. The summed E-state index contributed by atoms with van der Waals surface area (Å²) in [7, 11) is 0. The number of aryl methyl sites for hydroxylation is 1. The summed E-state index contributed by atoms with van der Waals surface area (Å²) < 4.78 is 9.77. The Labute approximate surface area is 135 Å². The number of carbonyl (C=O) groups excluding carboxylic acids is 2. The molecule has 1 aromatic carbocycles. The number of anilines is 2. The monoisotopic (exact) mass is 334 g/mol. The normalized spacial score (nSPS) is 11.6. The second-order valence-electron chi connectivity index (χ2n) is 4.89. The van der Waals surface area contributed by atoms with Gasteiger partial charge in [-0.1, -0.05) is 5.16 Å². The fourth-order valence-electron chi connectivity index (χ4n) is 1.77. The Morgan fingerprint density at radius 3 is 2.71 bits per heavy atom. The highest BCUT2D eigenvalue weighted by Crippen LogP contribution is 2.21. The lowest BCUT2D eigenvalue weighted by molar-refractivity contribution is -0.384. The Balaban J connectivity index is 2.07. The van der Waals surface area contributed by atoms with E-state index in [9.17, 15) is 19.7 Å². The molecule has 0 aliphatic carbocycles. The lowest BCUT2D eigenvalue weighted by Crippen LogP contribution is -2.30. The lowest BCUT2D eigenvalue weighted by Gasteiger charge is -2.13. The number of nitro benzene ring substituents is 1. The summed E-state index contributed by atoms with van der Waals surface area (Å²) in [5, 5.41) is 16.7. The average Bonchev–Trinajstić information content (AvgIpc) is 2.92. The van der Waals surface area contributed by atoms with Crippen LogP contribution >= 0.6 is 0 Å². The molecular formula is C14H14N4O6. The molecule has 0 aliphatic rings. The molecule has 1 aromatic heterocycles. The molecule has 0 saturated heterocycles. The Hall–Kier alpha value is -3.43. The van der Waals surface area contributed by atoms with Crippen LogP contribution in [0.4, 0.5) is 17.2 Å². The summed E-state index contributed by atoms with van der Waals surface area (Å²) in [6, 6.07) is 4.86. The van der Waals surface area contributed by atoms with Crippen molar-refractivity contribution in [3.05, 3.63) is 45.7 Å². The number of hydrogen-bond donors (Lipinski definition) is 2. The number of carbonyl (C=O) groups is 2. The lowest BCUT2D eigenvalue weighted by atomic mass is 10.1. The van der Waals surface area contributed by atoms with E-state index in [-0.39, 0.29) is 22.8 Å². The number of benzene rings is 1. The van der Waals surface area contributed by atoms with Gasteiger partial charge in [0.25, 0.3) is 11.6 Å². The van der Waals surface area contributed by atoms with Crippen molar-refractivity contribution in [1.29, 1.82) is 0 Å². The first-order valence-electron chi connectivity index (χ1n) is 6.77. The van der Waals surface area contributed by atoms with Gasteiger partial charge in [0, 0.05) is 23.9 Å². The quantitative estimate of drug-likeness (QED) is 0.362. The minimum absolute atomic E-state index is 0.00494. The Morgan fingerprint density at radius 2 is 2.12 bits per heavy atom. The number of hydrogen-bond acceptors (Lipinski definition) is 8. The van der Waals surface area contributed by atoms with Gasteiger partial charge >= 0.3 is 5.97 Å². The van der Waals surface area contributed by atoms with Crippen molar-refractivity contribution in [2.24, 2.45) is 0 Å². The standard InChI is InChI=1S/C14H14N4O6/c1-7-5-12(17-24-7)16-13(19)8(2)23-14(20)10-6-9(18(21)22)3-4-11(10)15/h3-6,8H,15H2,1-2H3,(H,16,17,19)/t8-/m1/s1. The molecule has 0 spiro atoms. The van der Waals surface area contributed by atoms with Gasteiger partial charge in [-0.05, 0) is 19.9 Å². The molecule has 0 radical (unpaired) electrons. The molecule has 0 saturated carbocycles. The molecular weight excluding hydrogens is 320 g/mol. The van der Waals surface area contributed by atoms with Crippen molar-refractivity contribution in [3.8, 4) is 0 Å². The van der Waals surface area contributed by atoms with Gasteiger partial charge in [0.2, 0.25) is 0 Å². The van der Waals surface area contributed by atoms with E-state index in [1.165, 1.54) is 19.1 Å². The van der Waals surface area contributed by atoms with E-state index in [1.54, 1.807) is 6.92 Å². The van der Waals surface area contributed by atoms with Gasteiger partial charge in [0.05, 0.1) is 10.5 Å². The summed E-state index contributed by atoms with van der Waals surface area (Å²) in [5.74, 6) is -0.912. The van der Waals surface area contributed by atoms with Crippen LogP contribution in [-0.2, 0) is 9.53 Å². The third-order valence-corrected chi connectivity index (χ3v) is 3.00. The zero-order chi connectivity index (χ0) is 17.9. The van der Waals surface area contributed by atoms with Crippen LogP contribution in [0.15, 0.2) is 28.8 Å². The van der Waals surface area contributed by atoms with E-state index in [0.717, 1.165) is 12.1 Å². The second-order valence-corrected chi connectivity index (χ2v) is 4.89. The van der Waals surface area contributed by atoms with E-state index < -0.39 is 22.9 Å². The molecule has 3 N–H and O–H groups in total. The number of rotatable bonds is 5. The van der Waals surface area contributed by atoms with E-state index >= 15 is 0 Å². The SMILES string of the molecule is Cc1cc(NC(=O)[C@@H](C)OC(=O)c2cc([N+](=O)[O-])ccc2N)no1. The number of non-ortho nitro benzene ring substituents is 1. The Morgan fingerprint density at radius 1 is 1.42 bits per heavy atom. The van der Waals surface area contributed by atoms with E-state index in [1.807, 2.05) is 0 Å². The van der Waals surface area contributed by atoms with Crippen molar-refractivity contribution in [2.75, 3.05) is 11.1 Å². The summed E-state index contributed by atoms with van der Waals surface area (Å²) in [5.41, 5.74) is 5.12. The highest BCUT2D eigenvalue weighted by atomic mass is 16.6. The van der Waals surface area contributed by atoms with E-state index in [2.05, 4.69) is 10.5 Å². The van der Waals surface area contributed by atoms with Gasteiger partial charge in [-0.25, -0.2) is 4.79 Å². The van der Waals surface area contributed by atoms with Gasteiger partial charge in [-0.3, -0.25) is 14.9 Å². The van der Waals surface area contributed by atoms with E-state index in [0.29, 0.717) is 5.76 Å². The molecule has 24 heavy (non-hydrogen) atoms. The van der Waals surface area contributed by atoms with Crippen LogP contribution in [0.3, 0.4) is 0 Å². The number of amides is 1. The fourth-order valence-corrected chi connectivity index (χ4v) is 1.77. The first kappa shape index (κ1) is 16.9. The molecule has 2 rings (SSSR count). The molecule has 0 fully saturated rings. The number of nitrogens with one attached hydrogen (secondary N) is 1. The van der Waals surface area contributed by atoms with Crippen LogP contribution in [0.25, 0.3) is 0 Å². The van der Waals surface area contributed by atoms with Crippen LogP contribution in [0.1, 0.15) is 23.0 Å². The van der Waals surface area contributed by atoms with Gasteiger partial charge in [-0.15, -0.1) is 0 Å². The van der Waals surface area contributed by atoms with Crippen molar-refractivity contribution < 1.29 is 23.8 Å². The maximum absolute atomic E-state index is 12.1. The predicted octanol–water partition coefficient (Wildman–Crippen LogP) is 1.66. The van der Waals surface area contributed by atoms with Crippen LogP contribution < -0.4 is 11.1 Å². The van der Waals surface area contributed by atoms with Crippen LogP contribution in [0.5, 0.6) is 0 Å². The minimum atomic E-state index is -1.17. The van der Waals surface area contributed by atoms with Gasteiger partial charge < -0.3 is 20.3 Å². The number of nitrogens with two attached hydrogens (primary N) is 1. The molecule has 10 heteroatoms. The maximum Gasteiger partial charge on any atom is 0.341 e. The first-order chi connectivity index (χ1) is 11.3. The van der Waals surface area contributed by atoms with Gasteiger partial charge in [0.15, 0.2) is 11.9 Å². The van der Waals surface area contributed by atoms with E-state index in [4.69, 9.17) is 15.0 Å². The third kappa shape index (κ3) is 3.85. The molecule has 126 valence electrons. The topological polar surface area (TPSA) is 151 Å². The summed E-state index contributed by atoms with van der Waals surface area (Å²) in [6.45, 7) is 2.99. The first-order valence-corrected chi connectivity index (χ1v) is 6.77. The molecule has 10 nitrogen and oxygen atoms in total. The number of nitrogens with zero attached hydrogens (tertiary/aromatic N) is 2. The molecule has 1 amide bonds. The molecule has 0 unspecified atom stereocenters. The second kappa shape index (κ2) is 6.77. The molecule has 1 atom stereocenters. The zero-order valence-corrected chi connectivity index (χ0v) is 12.8. The number of nitrogen functional groups attached to an aromatic ring is 1. The van der Waals surface area contributed by atoms with Crippen LogP contribution in [-0.4, -0.2) is 28.1 Å². The molecule has 0 aliphatic heterocycles. The number of esters is 1. The van der Waals surface area contributed by atoms with Gasteiger partial charge in [0.1, 0.15) is 5.76 Å². The minimum Gasteiger partial charge on any atom is -0.449 e. The van der Waals surface area contributed by atoms with Crippen molar-refractivity contribution in [2.45, 2.75) is 20.0 Å². The molecule has 2 aromatic rings. The smallest absolute Gasteiger partial charge is 0.341 e. The summed E-state index contributed by atoms with van der Waals surface area (Å²) in [4.78, 5) is 34.1. The zero-order valence-electron chi connectivity index (χ0n) is 12.8. The molecule has 1 heterocycles. The Bertz CT molecular complexity index is 800. The van der Waals surface area contributed by atoms with Gasteiger partial charge in [-0.2, -0.15) is 0 Å². The van der Waals surface area contributed by atoms with Crippen LogP contribution in [0.2, 0.25) is 0 Å². The largest absolute Gasteiger partial charge is 0.449 e. The highest BCUT2D eigenvalue weighted by Gasteiger charge is 2.23. The fraction of sp³-hybridized carbons (Fsp3) is 0.214. The predicted molar refractivity (Wildman–Crippen MR) is 82.3 cm³/mol. The average molecular weight is 334 g/mol. The summed E-state index contributed by atoms with van der Waals surface area (Å²) >= 11 is 0. The van der Waals surface area contributed by atoms with Crippen LogP contribution in [0, 0.1) is 17.0 Å². The number of nitro groups is 1. The maximum atomic E-state index is 12.1.